The molecule has 0 unspecified atom stereocenters. The largest absolute Gasteiger partial charge is 0.305 e. The SMILES string of the molecule is CC(C)Cn1cc2c(C(F)F)cc(=O)[nH]c2n1. The Labute approximate surface area is 96.3 Å². The molecule has 17 heavy (non-hydrogen) atoms. The number of fused-ring (bicyclic) bond motifs is 1. The third kappa shape index (κ3) is 2.35. The third-order valence-electron chi connectivity index (χ3n) is 2.39. The molecule has 0 radical (unpaired) electrons. The first-order valence-corrected chi connectivity index (χ1v) is 5.36. The second-order valence-corrected chi connectivity index (χ2v) is 4.40. The first-order chi connectivity index (χ1) is 7.97. The van der Waals surface area contributed by atoms with E-state index in [1.54, 1.807) is 10.9 Å². The standard InChI is InChI=1S/C11H13F2N3O/c1-6(2)4-16-5-8-7(10(12)13)3-9(17)14-11(8)15-16/h3,5-6,10H,4H2,1-2H3,(H,14,15,17). The fourth-order valence-electron chi connectivity index (χ4n) is 1.74. The van der Waals surface area contributed by atoms with E-state index in [0.717, 1.165) is 6.07 Å². The lowest BCUT2D eigenvalue weighted by molar-refractivity contribution is 0.153. The summed E-state index contributed by atoms with van der Waals surface area (Å²) in [5, 5.41) is 4.39. The minimum atomic E-state index is -2.67. The van der Waals surface area contributed by atoms with Crippen molar-refractivity contribution in [2.24, 2.45) is 5.92 Å². The van der Waals surface area contributed by atoms with Crippen molar-refractivity contribution in [3.05, 3.63) is 28.2 Å². The van der Waals surface area contributed by atoms with Crippen LogP contribution in [0, 0.1) is 5.92 Å². The maximum Gasteiger partial charge on any atom is 0.264 e. The predicted molar refractivity (Wildman–Crippen MR) is 60.1 cm³/mol. The molecule has 2 rings (SSSR count). The molecular weight excluding hydrogens is 228 g/mol. The lowest BCUT2D eigenvalue weighted by atomic mass is 10.2. The van der Waals surface area contributed by atoms with E-state index in [-0.39, 0.29) is 11.2 Å². The van der Waals surface area contributed by atoms with Gasteiger partial charge in [-0.3, -0.25) is 9.48 Å². The van der Waals surface area contributed by atoms with Crippen molar-refractivity contribution in [1.82, 2.24) is 14.8 Å². The van der Waals surface area contributed by atoms with E-state index < -0.39 is 12.0 Å². The number of H-pyrrole nitrogens is 1. The lowest BCUT2D eigenvalue weighted by Crippen LogP contribution is -2.07. The number of aromatic amines is 1. The van der Waals surface area contributed by atoms with Gasteiger partial charge in [-0.25, -0.2) is 8.78 Å². The van der Waals surface area contributed by atoms with Crippen LogP contribution in [0.15, 0.2) is 17.1 Å². The molecule has 0 aliphatic rings. The molecule has 0 amide bonds. The number of alkyl halides is 2. The van der Waals surface area contributed by atoms with Crippen LogP contribution < -0.4 is 5.56 Å². The van der Waals surface area contributed by atoms with Crippen LogP contribution in [0.1, 0.15) is 25.8 Å². The van der Waals surface area contributed by atoms with Crippen LogP contribution in [0.25, 0.3) is 11.0 Å². The van der Waals surface area contributed by atoms with Gasteiger partial charge in [-0.15, -0.1) is 0 Å². The topological polar surface area (TPSA) is 50.7 Å². The first-order valence-electron chi connectivity index (χ1n) is 5.36. The number of pyridine rings is 1. The number of nitrogens with one attached hydrogen (secondary N) is 1. The molecule has 92 valence electrons. The van der Waals surface area contributed by atoms with Gasteiger partial charge in [0.2, 0.25) is 5.56 Å². The molecule has 0 bridgehead atoms. The number of hydrogen-bond donors (Lipinski definition) is 1. The zero-order chi connectivity index (χ0) is 12.6. The lowest BCUT2D eigenvalue weighted by Gasteiger charge is -2.02. The van der Waals surface area contributed by atoms with E-state index in [9.17, 15) is 13.6 Å². The molecule has 4 nitrogen and oxygen atoms in total. The highest BCUT2D eigenvalue weighted by atomic mass is 19.3. The highest BCUT2D eigenvalue weighted by molar-refractivity contribution is 5.78. The zero-order valence-corrected chi connectivity index (χ0v) is 9.58. The van der Waals surface area contributed by atoms with Gasteiger partial charge in [-0.05, 0) is 5.92 Å². The van der Waals surface area contributed by atoms with Crippen LogP contribution in [0.2, 0.25) is 0 Å². The minimum Gasteiger partial charge on any atom is -0.305 e. The van der Waals surface area contributed by atoms with Crippen LogP contribution in [0.3, 0.4) is 0 Å². The van der Waals surface area contributed by atoms with E-state index in [1.807, 2.05) is 13.8 Å². The van der Waals surface area contributed by atoms with Crippen molar-refractivity contribution in [2.45, 2.75) is 26.8 Å². The highest BCUT2D eigenvalue weighted by Gasteiger charge is 2.15. The molecule has 0 atom stereocenters. The summed E-state index contributed by atoms with van der Waals surface area (Å²) in [4.78, 5) is 13.7. The summed E-state index contributed by atoms with van der Waals surface area (Å²) in [6, 6.07) is 0.925. The summed E-state index contributed by atoms with van der Waals surface area (Å²) in [5.74, 6) is 0.353. The van der Waals surface area contributed by atoms with Gasteiger partial charge in [0.15, 0.2) is 5.65 Å². The quantitative estimate of drug-likeness (QED) is 0.896. The molecule has 6 heteroatoms. The second kappa shape index (κ2) is 4.27. The molecule has 0 saturated carbocycles. The Kier molecular flexibility index (Phi) is 2.95. The van der Waals surface area contributed by atoms with Crippen LogP contribution in [0.4, 0.5) is 8.78 Å². The summed E-state index contributed by atoms with van der Waals surface area (Å²) < 4.78 is 27.1. The van der Waals surface area contributed by atoms with Gasteiger partial charge in [0.25, 0.3) is 6.43 Å². The maximum absolute atomic E-state index is 12.8. The van der Waals surface area contributed by atoms with Crippen molar-refractivity contribution < 1.29 is 8.78 Å². The zero-order valence-electron chi connectivity index (χ0n) is 9.58. The molecule has 0 spiro atoms. The smallest absolute Gasteiger partial charge is 0.264 e. The van der Waals surface area contributed by atoms with E-state index in [1.165, 1.54) is 0 Å². The van der Waals surface area contributed by atoms with Crippen LogP contribution in [-0.4, -0.2) is 14.8 Å². The van der Waals surface area contributed by atoms with Crippen LogP contribution in [0.5, 0.6) is 0 Å². The fraction of sp³-hybridized carbons (Fsp3) is 0.455. The van der Waals surface area contributed by atoms with E-state index in [2.05, 4.69) is 10.1 Å². The van der Waals surface area contributed by atoms with E-state index >= 15 is 0 Å². The number of nitrogens with zero attached hydrogens (tertiary/aromatic N) is 2. The Bertz CT molecular complexity index is 586. The average Bonchev–Trinajstić information content (AvgIpc) is 2.56. The molecule has 0 aliphatic heterocycles. The van der Waals surface area contributed by atoms with Gasteiger partial charge >= 0.3 is 0 Å². The van der Waals surface area contributed by atoms with Crippen molar-refractivity contribution in [3.8, 4) is 0 Å². The third-order valence-corrected chi connectivity index (χ3v) is 2.39. The second-order valence-electron chi connectivity index (χ2n) is 4.40. The van der Waals surface area contributed by atoms with Crippen LogP contribution in [-0.2, 0) is 6.54 Å². The van der Waals surface area contributed by atoms with Crippen LogP contribution >= 0.6 is 0 Å². The van der Waals surface area contributed by atoms with Gasteiger partial charge in [0, 0.05) is 29.8 Å². The summed E-state index contributed by atoms with van der Waals surface area (Å²) in [7, 11) is 0. The average molecular weight is 241 g/mol. The molecular formula is C11H13F2N3O. The normalized spacial score (nSPS) is 11.9. The Morgan fingerprint density at radius 2 is 2.18 bits per heavy atom. The summed E-state index contributed by atoms with van der Waals surface area (Å²) >= 11 is 0. The Morgan fingerprint density at radius 1 is 1.47 bits per heavy atom. The highest BCUT2D eigenvalue weighted by Crippen LogP contribution is 2.24. The number of rotatable bonds is 3. The first kappa shape index (κ1) is 11.8. The molecule has 0 aromatic carbocycles. The summed E-state index contributed by atoms with van der Waals surface area (Å²) in [5.41, 5.74) is -0.602. The Morgan fingerprint density at radius 3 is 2.76 bits per heavy atom. The summed E-state index contributed by atoms with van der Waals surface area (Å²) in [6.45, 7) is 4.63. The van der Waals surface area contributed by atoms with Gasteiger partial charge in [0.1, 0.15) is 0 Å². The Hall–Kier alpha value is -1.72. The molecule has 2 heterocycles. The number of hydrogen-bond acceptors (Lipinski definition) is 2. The van der Waals surface area contributed by atoms with Gasteiger partial charge in [-0.2, -0.15) is 5.10 Å². The molecule has 2 aromatic rings. The van der Waals surface area contributed by atoms with Gasteiger partial charge in [0.05, 0.1) is 0 Å². The summed E-state index contributed by atoms with van der Waals surface area (Å²) in [6.07, 6.45) is -1.12. The van der Waals surface area contributed by atoms with Gasteiger partial charge < -0.3 is 4.98 Å². The molecule has 0 fully saturated rings. The minimum absolute atomic E-state index is 0.216. The molecule has 1 N–H and O–H groups in total. The Balaban J connectivity index is 2.59. The predicted octanol–water partition coefficient (Wildman–Crippen LogP) is 2.32. The number of halogens is 2. The van der Waals surface area contributed by atoms with E-state index in [0.29, 0.717) is 17.8 Å². The molecule has 2 aromatic heterocycles. The fourth-order valence-corrected chi connectivity index (χ4v) is 1.74. The van der Waals surface area contributed by atoms with Gasteiger partial charge in [-0.1, -0.05) is 13.8 Å². The van der Waals surface area contributed by atoms with Crippen molar-refractivity contribution >= 4 is 11.0 Å². The maximum atomic E-state index is 12.8. The molecule has 0 saturated heterocycles. The number of aromatic nitrogens is 3. The van der Waals surface area contributed by atoms with Crippen molar-refractivity contribution in [3.63, 3.8) is 0 Å². The monoisotopic (exact) mass is 241 g/mol. The molecule has 0 aliphatic carbocycles. The van der Waals surface area contributed by atoms with Crippen molar-refractivity contribution in [2.75, 3.05) is 0 Å². The van der Waals surface area contributed by atoms with Crippen molar-refractivity contribution in [1.29, 1.82) is 0 Å². The van der Waals surface area contributed by atoms with E-state index in [4.69, 9.17) is 0 Å².